The number of fused-ring (bicyclic) bond motifs is 1. The van der Waals surface area contributed by atoms with Gasteiger partial charge in [0.1, 0.15) is 23.8 Å². The summed E-state index contributed by atoms with van der Waals surface area (Å²) in [4.78, 5) is 0. The molecule has 4 heteroatoms. The van der Waals surface area contributed by atoms with Crippen molar-refractivity contribution in [3.63, 3.8) is 0 Å². The standard InChI is InChI=1S/C16H15NO3/c1-11-8-13(17-20-11)10-19-16-7-6-12-4-2-3-5-14(12)15(16)9-18/h2-8,18H,9-10H2,1H3. The number of ether oxygens (including phenoxy) is 1. The number of rotatable bonds is 4. The minimum absolute atomic E-state index is 0.0610. The van der Waals surface area contributed by atoms with Crippen LogP contribution in [0.25, 0.3) is 10.8 Å². The van der Waals surface area contributed by atoms with Crippen molar-refractivity contribution in [1.82, 2.24) is 5.16 Å². The van der Waals surface area contributed by atoms with Gasteiger partial charge >= 0.3 is 0 Å². The van der Waals surface area contributed by atoms with Gasteiger partial charge in [-0.1, -0.05) is 35.5 Å². The van der Waals surface area contributed by atoms with E-state index >= 15 is 0 Å². The average Bonchev–Trinajstić information content (AvgIpc) is 2.90. The minimum atomic E-state index is -0.0610. The second-order valence-corrected chi connectivity index (χ2v) is 4.64. The summed E-state index contributed by atoms with van der Waals surface area (Å²) < 4.78 is 10.8. The fourth-order valence-corrected chi connectivity index (χ4v) is 2.25. The third kappa shape index (κ3) is 2.38. The van der Waals surface area contributed by atoms with Gasteiger partial charge in [-0.05, 0) is 23.8 Å². The highest BCUT2D eigenvalue weighted by Crippen LogP contribution is 2.28. The maximum atomic E-state index is 9.60. The lowest BCUT2D eigenvalue weighted by atomic mass is 10.0. The van der Waals surface area contributed by atoms with Crippen molar-refractivity contribution < 1.29 is 14.4 Å². The summed E-state index contributed by atoms with van der Waals surface area (Å²) in [5.74, 6) is 1.43. The number of benzene rings is 2. The van der Waals surface area contributed by atoms with Gasteiger partial charge in [-0.25, -0.2) is 0 Å². The Balaban J connectivity index is 1.91. The van der Waals surface area contributed by atoms with Gasteiger partial charge in [0.05, 0.1) is 6.61 Å². The molecule has 1 N–H and O–H groups in total. The molecule has 0 spiro atoms. The zero-order valence-electron chi connectivity index (χ0n) is 11.2. The van der Waals surface area contributed by atoms with Crippen LogP contribution in [0.5, 0.6) is 5.75 Å². The summed E-state index contributed by atoms with van der Waals surface area (Å²) in [6, 6.07) is 13.6. The molecule has 0 unspecified atom stereocenters. The second-order valence-electron chi connectivity index (χ2n) is 4.64. The van der Waals surface area contributed by atoms with Crippen LogP contribution in [0.1, 0.15) is 17.0 Å². The number of aromatic nitrogens is 1. The molecule has 3 aromatic rings. The number of aliphatic hydroxyl groups is 1. The molecule has 0 aliphatic heterocycles. The molecule has 0 aliphatic rings. The van der Waals surface area contributed by atoms with Gasteiger partial charge in [-0.2, -0.15) is 0 Å². The topological polar surface area (TPSA) is 55.5 Å². The SMILES string of the molecule is Cc1cc(COc2ccc3ccccc3c2CO)no1. The van der Waals surface area contributed by atoms with Crippen LogP contribution in [-0.4, -0.2) is 10.3 Å². The van der Waals surface area contributed by atoms with E-state index in [2.05, 4.69) is 5.16 Å². The number of aryl methyl sites for hydroxylation is 1. The Kier molecular flexibility index (Phi) is 3.39. The quantitative estimate of drug-likeness (QED) is 0.790. The van der Waals surface area contributed by atoms with E-state index in [9.17, 15) is 5.11 Å². The zero-order chi connectivity index (χ0) is 13.9. The van der Waals surface area contributed by atoms with E-state index in [1.807, 2.05) is 49.4 Å². The lowest BCUT2D eigenvalue weighted by Crippen LogP contribution is -1.99. The molecule has 0 radical (unpaired) electrons. The molecule has 2 aromatic carbocycles. The second kappa shape index (κ2) is 5.35. The molecule has 0 saturated heterocycles. The van der Waals surface area contributed by atoms with E-state index < -0.39 is 0 Å². The van der Waals surface area contributed by atoms with Crippen molar-refractivity contribution in [2.24, 2.45) is 0 Å². The molecule has 0 bridgehead atoms. The molecule has 0 atom stereocenters. The van der Waals surface area contributed by atoms with Crippen LogP contribution in [0.2, 0.25) is 0 Å². The molecule has 20 heavy (non-hydrogen) atoms. The third-order valence-electron chi connectivity index (χ3n) is 3.21. The number of hydrogen-bond acceptors (Lipinski definition) is 4. The maximum absolute atomic E-state index is 9.60. The Morgan fingerprint density at radius 3 is 2.80 bits per heavy atom. The van der Waals surface area contributed by atoms with Crippen molar-refractivity contribution in [3.8, 4) is 5.75 Å². The predicted molar refractivity (Wildman–Crippen MR) is 75.4 cm³/mol. The first-order valence-electron chi connectivity index (χ1n) is 6.44. The summed E-state index contributed by atoms with van der Waals surface area (Å²) in [5, 5.41) is 15.6. The molecular weight excluding hydrogens is 254 g/mol. The van der Waals surface area contributed by atoms with Crippen LogP contribution in [0.4, 0.5) is 0 Å². The highest BCUT2D eigenvalue weighted by molar-refractivity contribution is 5.87. The summed E-state index contributed by atoms with van der Waals surface area (Å²) in [5.41, 5.74) is 1.53. The Labute approximate surface area is 116 Å². The minimum Gasteiger partial charge on any atom is -0.487 e. The van der Waals surface area contributed by atoms with Gasteiger partial charge in [0.2, 0.25) is 0 Å². The van der Waals surface area contributed by atoms with Gasteiger partial charge < -0.3 is 14.4 Å². The Hall–Kier alpha value is -2.33. The Morgan fingerprint density at radius 1 is 1.20 bits per heavy atom. The van der Waals surface area contributed by atoms with Crippen molar-refractivity contribution in [3.05, 3.63) is 59.5 Å². The van der Waals surface area contributed by atoms with Gasteiger partial charge in [-0.15, -0.1) is 0 Å². The van der Waals surface area contributed by atoms with Crippen LogP contribution in [-0.2, 0) is 13.2 Å². The molecule has 0 saturated carbocycles. The lowest BCUT2D eigenvalue weighted by molar-refractivity contribution is 0.255. The smallest absolute Gasteiger partial charge is 0.134 e. The molecule has 0 amide bonds. The van der Waals surface area contributed by atoms with E-state index in [1.165, 1.54) is 0 Å². The molecule has 102 valence electrons. The summed E-state index contributed by atoms with van der Waals surface area (Å²) in [7, 11) is 0. The highest BCUT2D eigenvalue weighted by Gasteiger charge is 2.09. The van der Waals surface area contributed by atoms with Crippen molar-refractivity contribution >= 4 is 10.8 Å². The molecule has 0 fully saturated rings. The van der Waals surface area contributed by atoms with Gasteiger partial charge in [-0.3, -0.25) is 0 Å². The van der Waals surface area contributed by atoms with E-state index in [4.69, 9.17) is 9.26 Å². The van der Waals surface area contributed by atoms with Crippen LogP contribution in [0.15, 0.2) is 47.0 Å². The normalized spacial score (nSPS) is 10.9. The van der Waals surface area contributed by atoms with Gasteiger partial charge in [0.25, 0.3) is 0 Å². The highest BCUT2D eigenvalue weighted by atomic mass is 16.5. The molecule has 3 rings (SSSR count). The monoisotopic (exact) mass is 269 g/mol. The summed E-state index contributed by atoms with van der Waals surface area (Å²) in [6.07, 6.45) is 0. The molecule has 0 aliphatic carbocycles. The maximum Gasteiger partial charge on any atom is 0.134 e. The fourth-order valence-electron chi connectivity index (χ4n) is 2.25. The number of nitrogens with zero attached hydrogens (tertiary/aromatic N) is 1. The van der Waals surface area contributed by atoms with Gasteiger partial charge in [0, 0.05) is 11.6 Å². The lowest BCUT2D eigenvalue weighted by Gasteiger charge is -2.11. The van der Waals surface area contributed by atoms with Crippen LogP contribution < -0.4 is 4.74 Å². The van der Waals surface area contributed by atoms with E-state index in [0.29, 0.717) is 12.4 Å². The first-order chi connectivity index (χ1) is 9.78. The third-order valence-corrected chi connectivity index (χ3v) is 3.21. The van der Waals surface area contributed by atoms with Crippen molar-refractivity contribution in [2.75, 3.05) is 0 Å². The van der Waals surface area contributed by atoms with Gasteiger partial charge in [0.15, 0.2) is 0 Å². The number of hydrogen-bond donors (Lipinski definition) is 1. The number of aliphatic hydroxyl groups excluding tert-OH is 1. The van der Waals surface area contributed by atoms with E-state index in [1.54, 1.807) is 0 Å². The van der Waals surface area contributed by atoms with Crippen molar-refractivity contribution in [2.45, 2.75) is 20.1 Å². The predicted octanol–water partition coefficient (Wildman–Crippen LogP) is 3.21. The van der Waals surface area contributed by atoms with Crippen LogP contribution >= 0.6 is 0 Å². The Bertz CT molecular complexity index is 733. The average molecular weight is 269 g/mol. The first-order valence-corrected chi connectivity index (χ1v) is 6.44. The van der Waals surface area contributed by atoms with Crippen LogP contribution in [0.3, 0.4) is 0 Å². The molecule has 1 aromatic heterocycles. The van der Waals surface area contributed by atoms with Crippen molar-refractivity contribution in [1.29, 1.82) is 0 Å². The molecule has 4 nitrogen and oxygen atoms in total. The Morgan fingerprint density at radius 2 is 2.05 bits per heavy atom. The molecular formula is C16H15NO3. The van der Waals surface area contributed by atoms with Crippen LogP contribution in [0, 0.1) is 6.92 Å². The first kappa shape index (κ1) is 12.7. The largest absolute Gasteiger partial charge is 0.487 e. The molecule has 1 heterocycles. The fraction of sp³-hybridized carbons (Fsp3) is 0.188. The van der Waals surface area contributed by atoms with E-state index in [0.717, 1.165) is 27.8 Å². The van der Waals surface area contributed by atoms with E-state index in [-0.39, 0.29) is 6.61 Å². The zero-order valence-corrected chi connectivity index (χ0v) is 11.2. The summed E-state index contributed by atoms with van der Waals surface area (Å²) >= 11 is 0. The summed E-state index contributed by atoms with van der Waals surface area (Å²) in [6.45, 7) is 2.10.